The third-order valence-corrected chi connectivity index (χ3v) is 5.37. The molecule has 1 amide bonds. The number of piperazine rings is 1. The zero-order chi connectivity index (χ0) is 17.2. The van der Waals surface area contributed by atoms with Crippen LogP contribution in [0.4, 0.5) is 5.13 Å². The van der Waals surface area contributed by atoms with Gasteiger partial charge in [0.05, 0.1) is 24.6 Å². The third kappa shape index (κ3) is 3.28. The molecule has 7 heteroatoms. The van der Waals surface area contributed by atoms with Crippen molar-refractivity contribution >= 4 is 32.6 Å². The molecule has 6 nitrogen and oxygen atoms in total. The van der Waals surface area contributed by atoms with E-state index in [0.717, 1.165) is 33.2 Å². The van der Waals surface area contributed by atoms with Crippen LogP contribution in [-0.4, -0.2) is 47.5 Å². The van der Waals surface area contributed by atoms with E-state index in [9.17, 15) is 4.79 Å². The number of benzene rings is 1. The summed E-state index contributed by atoms with van der Waals surface area (Å²) in [5.41, 5.74) is 1.96. The molecule has 128 valence electrons. The van der Waals surface area contributed by atoms with Gasteiger partial charge in [-0.05, 0) is 23.8 Å². The van der Waals surface area contributed by atoms with Gasteiger partial charge in [0, 0.05) is 25.8 Å². The molecule has 1 aliphatic rings. The van der Waals surface area contributed by atoms with E-state index in [0.29, 0.717) is 19.6 Å². The van der Waals surface area contributed by atoms with Gasteiger partial charge in [0.25, 0.3) is 0 Å². The summed E-state index contributed by atoms with van der Waals surface area (Å²) >= 11 is 1.60. The Balaban J connectivity index is 1.45. The molecule has 0 bridgehead atoms. The van der Waals surface area contributed by atoms with Crippen LogP contribution < -0.4 is 9.64 Å². The number of methoxy groups -OCH3 is 1. The molecule has 0 unspecified atom stereocenters. The monoisotopic (exact) mass is 354 g/mol. The molecule has 0 aliphatic carbocycles. The molecule has 4 rings (SSSR count). The first-order valence-electron chi connectivity index (χ1n) is 8.09. The number of rotatable bonds is 4. The number of amides is 1. The van der Waals surface area contributed by atoms with Gasteiger partial charge in [0.15, 0.2) is 5.13 Å². The molecule has 0 radical (unpaired) electrons. The first kappa shape index (κ1) is 15.8. The third-order valence-electron chi connectivity index (χ3n) is 4.28. The van der Waals surface area contributed by atoms with Gasteiger partial charge in [-0.25, -0.2) is 4.98 Å². The Hall–Kier alpha value is -2.67. The maximum absolute atomic E-state index is 12.6. The molecule has 25 heavy (non-hydrogen) atoms. The minimum absolute atomic E-state index is 0.117. The lowest BCUT2D eigenvalue weighted by atomic mass is 10.2. The number of pyridine rings is 1. The van der Waals surface area contributed by atoms with Crippen molar-refractivity contribution in [3.63, 3.8) is 0 Å². The lowest BCUT2D eigenvalue weighted by Crippen LogP contribution is -2.49. The summed E-state index contributed by atoms with van der Waals surface area (Å²) in [6.07, 6.45) is 3.53. The van der Waals surface area contributed by atoms with Gasteiger partial charge in [-0.2, -0.15) is 0 Å². The fourth-order valence-corrected chi connectivity index (χ4v) is 3.89. The van der Waals surface area contributed by atoms with Crippen LogP contribution in [0.1, 0.15) is 5.56 Å². The average molecular weight is 354 g/mol. The highest BCUT2D eigenvalue weighted by atomic mass is 32.1. The van der Waals surface area contributed by atoms with E-state index < -0.39 is 0 Å². The summed E-state index contributed by atoms with van der Waals surface area (Å²) in [5.74, 6) is 0.929. The predicted octanol–water partition coefficient (Wildman–Crippen LogP) is 2.55. The Kier molecular flexibility index (Phi) is 4.23. The summed E-state index contributed by atoms with van der Waals surface area (Å²) in [5, 5.41) is 0.886. The van der Waals surface area contributed by atoms with Crippen molar-refractivity contribution < 1.29 is 9.53 Å². The van der Waals surface area contributed by atoms with Crippen molar-refractivity contribution in [2.45, 2.75) is 6.54 Å². The smallest absolute Gasteiger partial charge is 0.242 e. The van der Waals surface area contributed by atoms with Gasteiger partial charge in [0.1, 0.15) is 11.3 Å². The lowest BCUT2D eigenvalue weighted by Gasteiger charge is -2.34. The van der Waals surface area contributed by atoms with Crippen molar-refractivity contribution in [2.24, 2.45) is 0 Å². The predicted molar refractivity (Wildman–Crippen MR) is 98.0 cm³/mol. The summed E-state index contributed by atoms with van der Waals surface area (Å²) in [6.45, 7) is 2.43. The topological polar surface area (TPSA) is 58.6 Å². The van der Waals surface area contributed by atoms with Crippen molar-refractivity contribution in [2.75, 3.05) is 31.6 Å². The van der Waals surface area contributed by atoms with Gasteiger partial charge >= 0.3 is 0 Å². The average Bonchev–Trinajstić information content (AvgIpc) is 3.08. The number of carbonyl (C=O) groups is 1. The largest absolute Gasteiger partial charge is 0.497 e. The van der Waals surface area contributed by atoms with E-state index in [1.807, 2.05) is 35.2 Å². The van der Waals surface area contributed by atoms with Crippen molar-refractivity contribution in [1.29, 1.82) is 0 Å². The molecule has 1 fully saturated rings. The summed E-state index contributed by atoms with van der Waals surface area (Å²) in [4.78, 5) is 25.2. The summed E-state index contributed by atoms with van der Waals surface area (Å²) in [7, 11) is 1.65. The Morgan fingerprint density at radius 3 is 3.00 bits per heavy atom. The molecule has 0 atom stereocenters. The van der Waals surface area contributed by atoms with E-state index in [1.165, 1.54) is 0 Å². The Labute approximate surface area is 149 Å². The molecular formula is C18H18N4O2S. The van der Waals surface area contributed by atoms with E-state index >= 15 is 0 Å². The molecule has 0 saturated carbocycles. The quantitative estimate of drug-likeness (QED) is 0.721. The normalized spacial score (nSPS) is 15.0. The number of aromatic nitrogens is 2. The SMILES string of the molecule is COc1cccc(CN2CCN(c3nc4cnccc4s3)CC2=O)c1. The Bertz CT molecular complexity index is 878. The molecule has 3 heterocycles. The van der Waals surface area contributed by atoms with E-state index in [-0.39, 0.29) is 5.91 Å². The van der Waals surface area contributed by atoms with Crippen LogP contribution >= 0.6 is 11.3 Å². The highest BCUT2D eigenvalue weighted by Crippen LogP contribution is 2.29. The van der Waals surface area contributed by atoms with E-state index in [2.05, 4.69) is 14.9 Å². The molecule has 1 aliphatic heterocycles. The van der Waals surface area contributed by atoms with Crippen LogP contribution in [0.2, 0.25) is 0 Å². The first-order valence-corrected chi connectivity index (χ1v) is 8.91. The maximum Gasteiger partial charge on any atom is 0.242 e. The zero-order valence-corrected chi connectivity index (χ0v) is 14.7. The molecule has 0 N–H and O–H groups in total. The van der Waals surface area contributed by atoms with Gasteiger partial charge in [0.2, 0.25) is 5.91 Å². The second-order valence-electron chi connectivity index (χ2n) is 5.93. The maximum atomic E-state index is 12.6. The van der Waals surface area contributed by atoms with Gasteiger partial charge in [-0.1, -0.05) is 23.5 Å². The molecule has 0 spiro atoms. The van der Waals surface area contributed by atoms with E-state index in [4.69, 9.17) is 4.74 Å². The molecular weight excluding hydrogens is 336 g/mol. The highest BCUT2D eigenvalue weighted by molar-refractivity contribution is 7.22. The van der Waals surface area contributed by atoms with Gasteiger partial charge in [-0.15, -0.1) is 0 Å². The minimum Gasteiger partial charge on any atom is -0.497 e. The standard InChI is InChI=1S/C18H18N4O2S/c1-24-14-4-2-3-13(9-14)11-21-7-8-22(12-17(21)23)18-20-15-10-19-6-5-16(15)25-18/h2-6,9-10H,7-8,11-12H2,1H3. The first-order chi connectivity index (χ1) is 12.2. The fourth-order valence-electron chi connectivity index (χ4n) is 2.93. The lowest BCUT2D eigenvalue weighted by molar-refractivity contribution is -0.131. The highest BCUT2D eigenvalue weighted by Gasteiger charge is 2.26. The number of carbonyl (C=O) groups excluding carboxylic acids is 1. The van der Waals surface area contributed by atoms with Crippen LogP contribution in [0.5, 0.6) is 5.75 Å². The Morgan fingerprint density at radius 2 is 2.20 bits per heavy atom. The zero-order valence-electron chi connectivity index (χ0n) is 13.9. The van der Waals surface area contributed by atoms with Gasteiger partial charge in [-0.3, -0.25) is 9.78 Å². The van der Waals surface area contributed by atoms with Crippen LogP contribution in [0.25, 0.3) is 10.2 Å². The molecule has 2 aromatic heterocycles. The molecule has 1 saturated heterocycles. The number of nitrogens with zero attached hydrogens (tertiary/aromatic N) is 4. The van der Waals surface area contributed by atoms with Crippen molar-refractivity contribution in [1.82, 2.24) is 14.9 Å². The van der Waals surface area contributed by atoms with Crippen LogP contribution in [0, 0.1) is 0 Å². The summed E-state index contributed by atoms with van der Waals surface area (Å²) < 4.78 is 6.34. The Morgan fingerprint density at radius 1 is 1.28 bits per heavy atom. The van der Waals surface area contributed by atoms with E-state index in [1.54, 1.807) is 30.8 Å². The second-order valence-corrected chi connectivity index (χ2v) is 6.94. The van der Waals surface area contributed by atoms with Crippen molar-refractivity contribution in [3.05, 3.63) is 48.3 Å². The molecule has 1 aromatic carbocycles. The fraction of sp³-hybridized carbons (Fsp3) is 0.278. The number of hydrogen-bond acceptors (Lipinski definition) is 6. The van der Waals surface area contributed by atoms with Crippen LogP contribution in [0.15, 0.2) is 42.7 Å². The number of anilines is 1. The molecule has 3 aromatic rings. The number of ether oxygens (including phenoxy) is 1. The number of hydrogen-bond donors (Lipinski definition) is 0. The van der Waals surface area contributed by atoms with Crippen LogP contribution in [-0.2, 0) is 11.3 Å². The summed E-state index contributed by atoms with van der Waals surface area (Å²) in [6, 6.07) is 9.80. The van der Waals surface area contributed by atoms with Gasteiger partial charge < -0.3 is 14.5 Å². The minimum atomic E-state index is 0.117. The second kappa shape index (κ2) is 6.68. The number of fused-ring (bicyclic) bond motifs is 1. The number of thiazole rings is 1. The van der Waals surface area contributed by atoms with Crippen LogP contribution in [0.3, 0.4) is 0 Å². The van der Waals surface area contributed by atoms with Crippen molar-refractivity contribution in [3.8, 4) is 5.75 Å².